The first kappa shape index (κ1) is 14.4. The molecule has 2 aliphatic rings. The van der Waals surface area contributed by atoms with Gasteiger partial charge >= 0.3 is 0 Å². The number of nitrogens with one attached hydrogen (secondary N) is 2. The lowest BCUT2D eigenvalue weighted by molar-refractivity contribution is -0.118. The Morgan fingerprint density at radius 1 is 1.33 bits per heavy atom. The van der Waals surface area contributed by atoms with Gasteiger partial charge in [0, 0.05) is 13.1 Å². The second-order valence-corrected chi connectivity index (χ2v) is 5.80. The van der Waals surface area contributed by atoms with Gasteiger partial charge in [0.15, 0.2) is 0 Å². The van der Waals surface area contributed by atoms with E-state index >= 15 is 0 Å². The molecule has 0 spiro atoms. The first-order valence-electron chi connectivity index (χ1n) is 7.71. The van der Waals surface area contributed by atoms with Crippen molar-refractivity contribution >= 4 is 17.3 Å². The summed E-state index contributed by atoms with van der Waals surface area (Å²) in [5.74, 6) is 0.459. The Kier molecular flexibility index (Phi) is 4.41. The van der Waals surface area contributed by atoms with Gasteiger partial charge in [-0.05, 0) is 31.0 Å². The molecule has 2 aliphatic heterocycles. The summed E-state index contributed by atoms with van der Waals surface area (Å²) in [5, 5.41) is 6.38. The minimum atomic E-state index is -0.0808. The highest BCUT2D eigenvalue weighted by atomic mass is 16.5. The van der Waals surface area contributed by atoms with Crippen molar-refractivity contribution in [3.8, 4) is 0 Å². The molecule has 3 rings (SSSR count). The van der Waals surface area contributed by atoms with Crippen LogP contribution in [0.4, 0.5) is 11.4 Å². The van der Waals surface area contributed by atoms with Crippen molar-refractivity contribution in [3.05, 3.63) is 24.3 Å². The zero-order valence-corrected chi connectivity index (χ0v) is 12.5. The van der Waals surface area contributed by atoms with Crippen molar-refractivity contribution in [1.29, 1.82) is 0 Å². The number of amides is 1. The zero-order chi connectivity index (χ0) is 14.7. The average Bonchev–Trinajstić information content (AvgIpc) is 2.95. The number of nitrogens with zero attached hydrogens (tertiary/aromatic N) is 1. The minimum absolute atomic E-state index is 0.0701. The van der Waals surface area contributed by atoms with Crippen LogP contribution in [0.5, 0.6) is 0 Å². The van der Waals surface area contributed by atoms with Crippen molar-refractivity contribution < 1.29 is 9.53 Å². The van der Waals surface area contributed by atoms with E-state index in [1.54, 1.807) is 0 Å². The first-order chi connectivity index (χ1) is 10.3. The highest BCUT2D eigenvalue weighted by Crippen LogP contribution is 2.27. The van der Waals surface area contributed by atoms with Crippen molar-refractivity contribution in [2.24, 2.45) is 5.92 Å². The van der Waals surface area contributed by atoms with Crippen LogP contribution in [0.2, 0.25) is 0 Å². The molecular weight excluding hydrogens is 266 g/mol. The monoisotopic (exact) mass is 289 g/mol. The van der Waals surface area contributed by atoms with E-state index in [4.69, 9.17) is 4.74 Å². The molecule has 0 radical (unpaired) electrons. The number of para-hydroxylation sites is 2. The first-order valence-corrected chi connectivity index (χ1v) is 7.71. The maximum atomic E-state index is 12.4. The van der Waals surface area contributed by atoms with E-state index in [2.05, 4.69) is 28.5 Å². The lowest BCUT2D eigenvalue weighted by Crippen LogP contribution is -2.40. The van der Waals surface area contributed by atoms with Crippen LogP contribution in [-0.4, -0.2) is 44.8 Å². The Labute approximate surface area is 125 Å². The van der Waals surface area contributed by atoms with Crippen LogP contribution in [0.1, 0.15) is 13.3 Å². The van der Waals surface area contributed by atoms with Gasteiger partial charge in [0.05, 0.1) is 30.6 Å². The van der Waals surface area contributed by atoms with Gasteiger partial charge in [0.2, 0.25) is 5.91 Å². The number of hydrogen-bond donors (Lipinski definition) is 2. The second-order valence-electron chi connectivity index (χ2n) is 5.80. The molecule has 2 fully saturated rings. The summed E-state index contributed by atoms with van der Waals surface area (Å²) >= 11 is 0. The molecule has 21 heavy (non-hydrogen) atoms. The Bertz CT molecular complexity index is 500. The maximum Gasteiger partial charge on any atom is 0.241 e. The highest BCUT2D eigenvalue weighted by molar-refractivity contribution is 5.98. The summed E-state index contributed by atoms with van der Waals surface area (Å²) in [7, 11) is 0. The molecular formula is C16H23N3O2. The number of carbonyl (C=O) groups is 1. The molecule has 0 aromatic heterocycles. The predicted molar refractivity (Wildman–Crippen MR) is 83.7 cm³/mol. The molecule has 2 heterocycles. The number of hydrogen-bond acceptors (Lipinski definition) is 4. The SMILES string of the molecule is CC1CCNC1C(=O)Nc1ccccc1N1CCOCC1. The van der Waals surface area contributed by atoms with Crippen LogP contribution in [0, 0.1) is 5.92 Å². The van der Waals surface area contributed by atoms with E-state index < -0.39 is 0 Å². The summed E-state index contributed by atoms with van der Waals surface area (Å²) < 4.78 is 5.40. The van der Waals surface area contributed by atoms with Crippen LogP contribution >= 0.6 is 0 Å². The van der Waals surface area contributed by atoms with E-state index in [1.165, 1.54) is 0 Å². The van der Waals surface area contributed by atoms with E-state index in [1.807, 2.05) is 18.2 Å². The second kappa shape index (κ2) is 6.45. The molecule has 1 aromatic carbocycles. The average molecular weight is 289 g/mol. The number of rotatable bonds is 3. The summed E-state index contributed by atoms with van der Waals surface area (Å²) in [6.07, 6.45) is 1.06. The normalized spacial score (nSPS) is 25.9. The molecule has 0 aliphatic carbocycles. The van der Waals surface area contributed by atoms with Gasteiger partial charge in [-0.25, -0.2) is 0 Å². The Morgan fingerprint density at radius 3 is 2.81 bits per heavy atom. The van der Waals surface area contributed by atoms with Crippen molar-refractivity contribution in [2.75, 3.05) is 43.1 Å². The van der Waals surface area contributed by atoms with Crippen molar-refractivity contribution in [3.63, 3.8) is 0 Å². The minimum Gasteiger partial charge on any atom is -0.378 e. The maximum absolute atomic E-state index is 12.4. The molecule has 5 heteroatoms. The Morgan fingerprint density at radius 2 is 2.10 bits per heavy atom. The van der Waals surface area contributed by atoms with Crippen LogP contribution in [0.3, 0.4) is 0 Å². The summed E-state index contributed by atoms with van der Waals surface area (Å²) in [4.78, 5) is 14.7. The van der Waals surface area contributed by atoms with Gasteiger partial charge in [-0.15, -0.1) is 0 Å². The van der Waals surface area contributed by atoms with E-state index in [-0.39, 0.29) is 11.9 Å². The third kappa shape index (κ3) is 3.19. The van der Waals surface area contributed by atoms with Crippen LogP contribution in [-0.2, 0) is 9.53 Å². The fourth-order valence-electron chi connectivity index (χ4n) is 3.06. The highest BCUT2D eigenvalue weighted by Gasteiger charge is 2.29. The van der Waals surface area contributed by atoms with Crippen molar-refractivity contribution in [2.45, 2.75) is 19.4 Å². The summed E-state index contributed by atoms with van der Waals surface area (Å²) in [5.41, 5.74) is 1.98. The molecule has 0 bridgehead atoms. The Balaban J connectivity index is 1.74. The Hall–Kier alpha value is -1.59. The fraction of sp³-hybridized carbons (Fsp3) is 0.562. The van der Waals surface area contributed by atoms with Gasteiger partial charge in [0.25, 0.3) is 0 Å². The van der Waals surface area contributed by atoms with Gasteiger partial charge in [-0.1, -0.05) is 19.1 Å². The van der Waals surface area contributed by atoms with E-state index in [0.717, 1.165) is 50.6 Å². The van der Waals surface area contributed by atoms with E-state index in [9.17, 15) is 4.79 Å². The third-order valence-electron chi connectivity index (χ3n) is 4.33. The molecule has 0 saturated carbocycles. The lowest BCUT2D eigenvalue weighted by atomic mass is 10.0. The largest absolute Gasteiger partial charge is 0.378 e. The quantitative estimate of drug-likeness (QED) is 0.884. The number of anilines is 2. The molecule has 1 amide bonds. The van der Waals surface area contributed by atoms with Gasteiger partial charge in [-0.2, -0.15) is 0 Å². The van der Waals surface area contributed by atoms with Crippen molar-refractivity contribution in [1.82, 2.24) is 5.32 Å². The molecule has 2 N–H and O–H groups in total. The molecule has 2 atom stereocenters. The number of ether oxygens (including phenoxy) is 1. The fourth-order valence-corrected chi connectivity index (χ4v) is 3.06. The van der Waals surface area contributed by atoms with Crippen LogP contribution < -0.4 is 15.5 Å². The van der Waals surface area contributed by atoms with E-state index in [0.29, 0.717) is 5.92 Å². The molecule has 2 unspecified atom stereocenters. The molecule has 2 saturated heterocycles. The van der Waals surface area contributed by atoms with Crippen LogP contribution in [0.15, 0.2) is 24.3 Å². The molecule has 1 aromatic rings. The number of carbonyl (C=O) groups excluding carboxylic acids is 1. The number of benzene rings is 1. The van der Waals surface area contributed by atoms with Gasteiger partial charge < -0.3 is 20.3 Å². The third-order valence-corrected chi connectivity index (χ3v) is 4.33. The lowest BCUT2D eigenvalue weighted by Gasteiger charge is -2.30. The number of morpholine rings is 1. The predicted octanol–water partition coefficient (Wildman–Crippen LogP) is 1.46. The topological polar surface area (TPSA) is 53.6 Å². The smallest absolute Gasteiger partial charge is 0.241 e. The van der Waals surface area contributed by atoms with Gasteiger partial charge in [0.1, 0.15) is 0 Å². The van der Waals surface area contributed by atoms with Gasteiger partial charge in [-0.3, -0.25) is 4.79 Å². The summed E-state index contributed by atoms with van der Waals surface area (Å²) in [6, 6.07) is 7.93. The molecule has 5 nitrogen and oxygen atoms in total. The standard InChI is InChI=1S/C16H23N3O2/c1-12-6-7-17-15(12)16(20)18-13-4-2-3-5-14(13)19-8-10-21-11-9-19/h2-5,12,15,17H,6-11H2,1H3,(H,18,20). The van der Waals surface area contributed by atoms with Crippen LogP contribution in [0.25, 0.3) is 0 Å². The molecule has 114 valence electrons. The zero-order valence-electron chi connectivity index (χ0n) is 12.5. The summed E-state index contributed by atoms with van der Waals surface area (Å²) in [6.45, 7) is 6.26.